The van der Waals surface area contributed by atoms with E-state index in [2.05, 4.69) is 39.8 Å². The molecular weight excluding hydrogens is 348 g/mol. The average molecular weight is 407 g/mol. The maximum atomic E-state index is 2.45. The summed E-state index contributed by atoms with van der Waals surface area (Å²) in [5, 5.41) is 0. The van der Waals surface area contributed by atoms with Crippen molar-refractivity contribution in [1.82, 2.24) is 0 Å². The summed E-state index contributed by atoms with van der Waals surface area (Å²) >= 11 is 0. The molecule has 0 bridgehead atoms. The Morgan fingerprint density at radius 1 is 0.483 bits per heavy atom. The second-order valence-corrected chi connectivity index (χ2v) is 10.00. The SMILES string of the molecule is CCCCCCCCCCCCC/C=C\CCCCCCCC(C)CC(C)CC. The molecule has 0 rings (SSSR count). The van der Waals surface area contributed by atoms with Crippen LogP contribution in [0.2, 0.25) is 0 Å². The summed E-state index contributed by atoms with van der Waals surface area (Å²) in [5.74, 6) is 1.85. The van der Waals surface area contributed by atoms with Crippen LogP contribution in [-0.4, -0.2) is 0 Å². The summed E-state index contributed by atoms with van der Waals surface area (Å²) < 4.78 is 0. The van der Waals surface area contributed by atoms with Crippen molar-refractivity contribution in [2.75, 3.05) is 0 Å². The summed E-state index contributed by atoms with van der Waals surface area (Å²) in [6.45, 7) is 9.48. The van der Waals surface area contributed by atoms with Gasteiger partial charge in [0.05, 0.1) is 0 Å². The van der Waals surface area contributed by atoms with E-state index >= 15 is 0 Å². The number of allylic oxidation sites excluding steroid dienone is 2. The monoisotopic (exact) mass is 406 g/mol. The lowest BCUT2D eigenvalue weighted by atomic mass is 9.91. The standard InChI is InChI=1S/C29H58/c1-5-7-8-9-10-11-12-13-14-15-16-17-18-19-20-21-22-23-24-25-26-29(4)27-28(3)6-2/h18-19,28-29H,5-17,20-27H2,1-4H3/b19-18-. The summed E-state index contributed by atoms with van der Waals surface area (Å²) in [5.41, 5.74) is 0. The van der Waals surface area contributed by atoms with E-state index in [9.17, 15) is 0 Å². The predicted octanol–water partition coefficient (Wildman–Crippen LogP) is 11.0. The van der Waals surface area contributed by atoms with Gasteiger partial charge in [-0.05, 0) is 43.9 Å². The fraction of sp³-hybridized carbons (Fsp3) is 0.931. The third-order valence-corrected chi connectivity index (χ3v) is 6.71. The van der Waals surface area contributed by atoms with E-state index in [4.69, 9.17) is 0 Å². The number of hydrogen-bond donors (Lipinski definition) is 0. The highest BCUT2D eigenvalue weighted by Gasteiger charge is 2.06. The molecule has 0 N–H and O–H groups in total. The molecule has 0 radical (unpaired) electrons. The smallest absolute Gasteiger partial charge is 0.0351 e. The van der Waals surface area contributed by atoms with Gasteiger partial charge in [-0.15, -0.1) is 0 Å². The summed E-state index contributed by atoms with van der Waals surface area (Å²) in [7, 11) is 0. The zero-order valence-corrected chi connectivity index (χ0v) is 21.2. The van der Waals surface area contributed by atoms with Crippen LogP contribution >= 0.6 is 0 Å². The fourth-order valence-corrected chi connectivity index (χ4v) is 4.42. The molecule has 0 aliphatic carbocycles. The highest BCUT2D eigenvalue weighted by molar-refractivity contribution is 4.81. The zero-order valence-electron chi connectivity index (χ0n) is 21.2. The molecule has 2 atom stereocenters. The van der Waals surface area contributed by atoms with Crippen LogP contribution in [0.4, 0.5) is 0 Å². The third-order valence-electron chi connectivity index (χ3n) is 6.71. The topological polar surface area (TPSA) is 0 Å². The molecule has 0 aromatic carbocycles. The second-order valence-electron chi connectivity index (χ2n) is 10.00. The Hall–Kier alpha value is -0.260. The van der Waals surface area contributed by atoms with Crippen molar-refractivity contribution in [3.8, 4) is 0 Å². The highest BCUT2D eigenvalue weighted by Crippen LogP contribution is 2.20. The van der Waals surface area contributed by atoms with E-state index in [0.717, 1.165) is 11.8 Å². The van der Waals surface area contributed by atoms with Gasteiger partial charge in [-0.1, -0.05) is 143 Å². The van der Waals surface area contributed by atoms with Gasteiger partial charge >= 0.3 is 0 Å². The average Bonchev–Trinajstić information content (AvgIpc) is 2.72. The molecule has 0 spiro atoms. The molecule has 0 saturated carbocycles. The Kier molecular flexibility index (Phi) is 23.8. The first-order valence-corrected chi connectivity index (χ1v) is 13.9. The molecule has 0 heteroatoms. The minimum absolute atomic E-state index is 0.918. The molecule has 0 saturated heterocycles. The fourth-order valence-electron chi connectivity index (χ4n) is 4.42. The van der Waals surface area contributed by atoms with Crippen molar-refractivity contribution < 1.29 is 0 Å². The van der Waals surface area contributed by atoms with Crippen LogP contribution in [0.1, 0.15) is 163 Å². The van der Waals surface area contributed by atoms with Gasteiger partial charge < -0.3 is 0 Å². The van der Waals surface area contributed by atoms with E-state index in [-0.39, 0.29) is 0 Å². The summed E-state index contributed by atoms with van der Waals surface area (Å²) in [6.07, 6.45) is 34.8. The Morgan fingerprint density at radius 3 is 1.34 bits per heavy atom. The minimum Gasteiger partial charge on any atom is -0.0885 e. The highest BCUT2D eigenvalue weighted by atomic mass is 14.1. The van der Waals surface area contributed by atoms with Crippen molar-refractivity contribution >= 4 is 0 Å². The van der Waals surface area contributed by atoms with Gasteiger partial charge in [-0.25, -0.2) is 0 Å². The quantitative estimate of drug-likeness (QED) is 0.117. The van der Waals surface area contributed by atoms with E-state index in [1.54, 1.807) is 0 Å². The van der Waals surface area contributed by atoms with Gasteiger partial charge in [0.1, 0.15) is 0 Å². The molecule has 29 heavy (non-hydrogen) atoms. The first-order chi connectivity index (χ1) is 14.2. The molecular formula is C29H58. The first kappa shape index (κ1) is 28.7. The van der Waals surface area contributed by atoms with Crippen LogP contribution < -0.4 is 0 Å². The molecule has 0 aromatic heterocycles. The Bertz CT molecular complexity index is 316. The van der Waals surface area contributed by atoms with Gasteiger partial charge in [-0.3, -0.25) is 0 Å². The van der Waals surface area contributed by atoms with Crippen LogP contribution in [0.5, 0.6) is 0 Å². The lowest BCUT2D eigenvalue weighted by Crippen LogP contribution is -2.02. The molecule has 0 nitrogen and oxygen atoms in total. The van der Waals surface area contributed by atoms with Crippen LogP contribution in [0, 0.1) is 11.8 Å². The van der Waals surface area contributed by atoms with Crippen LogP contribution in [0.15, 0.2) is 12.2 Å². The maximum Gasteiger partial charge on any atom is -0.0351 e. The van der Waals surface area contributed by atoms with Crippen LogP contribution in [0.25, 0.3) is 0 Å². The van der Waals surface area contributed by atoms with Crippen LogP contribution in [0.3, 0.4) is 0 Å². The molecule has 0 fully saturated rings. The Balaban J connectivity index is 3.18. The molecule has 0 heterocycles. The van der Waals surface area contributed by atoms with Crippen molar-refractivity contribution in [2.24, 2.45) is 11.8 Å². The summed E-state index contributed by atoms with van der Waals surface area (Å²) in [4.78, 5) is 0. The predicted molar refractivity (Wildman–Crippen MR) is 136 cm³/mol. The first-order valence-electron chi connectivity index (χ1n) is 13.9. The van der Waals surface area contributed by atoms with Gasteiger partial charge in [0.25, 0.3) is 0 Å². The summed E-state index contributed by atoms with van der Waals surface area (Å²) in [6, 6.07) is 0. The lowest BCUT2D eigenvalue weighted by Gasteiger charge is -2.15. The van der Waals surface area contributed by atoms with Crippen LogP contribution in [-0.2, 0) is 0 Å². The normalized spacial score (nSPS) is 13.9. The van der Waals surface area contributed by atoms with E-state index in [0.29, 0.717) is 0 Å². The van der Waals surface area contributed by atoms with Gasteiger partial charge in [0.2, 0.25) is 0 Å². The number of hydrogen-bond acceptors (Lipinski definition) is 0. The van der Waals surface area contributed by atoms with E-state index in [1.807, 2.05) is 0 Å². The Morgan fingerprint density at radius 2 is 0.897 bits per heavy atom. The lowest BCUT2D eigenvalue weighted by molar-refractivity contribution is 0.374. The maximum absolute atomic E-state index is 2.45. The largest absolute Gasteiger partial charge is 0.0885 e. The number of unbranched alkanes of at least 4 members (excludes halogenated alkanes) is 16. The van der Waals surface area contributed by atoms with Gasteiger partial charge in [-0.2, -0.15) is 0 Å². The third kappa shape index (κ3) is 23.9. The molecule has 0 aliphatic heterocycles. The van der Waals surface area contributed by atoms with E-state index < -0.39 is 0 Å². The molecule has 174 valence electrons. The van der Waals surface area contributed by atoms with E-state index in [1.165, 1.54) is 135 Å². The van der Waals surface area contributed by atoms with Crippen molar-refractivity contribution in [3.63, 3.8) is 0 Å². The zero-order chi connectivity index (χ0) is 21.4. The minimum atomic E-state index is 0.918. The van der Waals surface area contributed by atoms with Crippen molar-refractivity contribution in [2.45, 2.75) is 163 Å². The number of rotatable bonds is 23. The molecule has 0 aromatic rings. The van der Waals surface area contributed by atoms with Gasteiger partial charge in [0.15, 0.2) is 0 Å². The molecule has 0 amide bonds. The van der Waals surface area contributed by atoms with Crippen molar-refractivity contribution in [1.29, 1.82) is 0 Å². The van der Waals surface area contributed by atoms with Crippen molar-refractivity contribution in [3.05, 3.63) is 12.2 Å². The van der Waals surface area contributed by atoms with Gasteiger partial charge in [0, 0.05) is 0 Å². The second kappa shape index (κ2) is 24.0. The Labute approximate surface area is 186 Å². The molecule has 0 aliphatic rings. The molecule has 2 unspecified atom stereocenters.